The zero-order valence-corrected chi connectivity index (χ0v) is 17.2. The molecule has 4 nitrogen and oxygen atoms in total. The van der Waals surface area contributed by atoms with Gasteiger partial charge in [0.25, 0.3) is 5.24 Å². The highest BCUT2D eigenvalue weighted by atomic mass is 35.5. The highest BCUT2D eigenvalue weighted by molar-refractivity contribution is 8.18. The van der Waals surface area contributed by atoms with Gasteiger partial charge in [-0.15, -0.1) is 0 Å². The lowest BCUT2D eigenvalue weighted by molar-refractivity contribution is 0.265. The number of amides is 1. The summed E-state index contributed by atoms with van der Waals surface area (Å²) in [5, 5.41) is 4.03. The molecule has 28 heavy (non-hydrogen) atoms. The van der Waals surface area contributed by atoms with Gasteiger partial charge in [0.1, 0.15) is 17.4 Å². The fourth-order valence-corrected chi connectivity index (χ4v) is 3.79. The normalized spacial score (nSPS) is 16.8. The lowest BCUT2D eigenvalue weighted by Gasteiger charge is -2.02. The first-order chi connectivity index (χ1) is 13.5. The van der Waals surface area contributed by atoms with Crippen molar-refractivity contribution in [2.45, 2.75) is 0 Å². The van der Waals surface area contributed by atoms with Crippen LogP contribution in [0.2, 0.25) is 15.1 Å². The lowest BCUT2D eigenvalue weighted by atomic mass is 10.2. The largest absolute Gasteiger partial charge is 0.457 e. The Balaban J connectivity index is 1.66. The Hall–Kier alpha value is -2.18. The number of benzene rings is 2. The first-order valence-electron chi connectivity index (χ1n) is 8.09. The van der Waals surface area contributed by atoms with E-state index in [1.165, 1.54) is 0 Å². The van der Waals surface area contributed by atoms with Crippen molar-refractivity contribution in [2.24, 2.45) is 4.99 Å². The summed E-state index contributed by atoms with van der Waals surface area (Å²) in [6, 6.07) is 16.0. The smallest absolute Gasteiger partial charge is 0.289 e. The van der Waals surface area contributed by atoms with Gasteiger partial charge in [-0.3, -0.25) is 4.79 Å². The third-order valence-electron chi connectivity index (χ3n) is 3.84. The fourth-order valence-electron chi connectivity index (χ4n) is 2.56. The molecule has 2 aromatic carbocycles. The minimum atomic E-state index is -0.205. The zero-order valence-electron chi connectivity index (χ0n) is 14.1. The number of carbonyl (C=O) groups is 1. The number of nitrogens with zero attached hydrogens (tertiary/aromatic N) is 1. The molecule has 0 unspecified atom stereocenters. The van der Waals surface area contributed by atoms with Crippen molar-refractivity contribution in [3.8, 4) is 11.3 Å². The predicted molar refractivity (Wildman–Crippen MR) is 117 cm³/mol. The van der Waals surface area contributed by atoms with Gasteiger partial charge in [0.15, 0.2) is 0 Å². The van der Waals surface area contributed by atoms with Crippen molar-refractivity contribution < 1.29 is 9.21 Å². The van der Waals surface area contributed by atoms with Crippen LogP contribution in [0, 0.1) is 0 Å². The molecule has 1 saturated heterocycles. The zero-order chi connectivity index (χ0) is 19.7. The molecule has 0 aliphatic carbocycles. The predicted octanol–water partition coefficient (Wildman–Crippen LogP) is 7.43. The van der Waals surface area contributed by atoms with Gasteiger partial charge in [-0.05, 0) is 66.4 Å². The van der Waals surface area contributed by atoms with Crippen LogP contribution < -0.4 is 5.32 Å². The topological polar surface area (TPSA) is 54.6 Å². The van der Waals surface area contributed by atoms with E-state index in [9.17, 15) is 4.79 Å². The standard InChI is InChI=1S/C20H11Cl3N2O2S/c21-11-4-6-12(7-5-11)24-19-17(28-20(26)25-19)10-13-8-9-16(27-13)14-2-1-3-15(22)18(14)23/h1-10H,(H,24,25,26). The van der Waals surface area contributed by atoms with Crippen molar-refractivity contribution in [3.05, 3.63) is 80.3 Å². The molecular weight excluding hydrogens is 439 g/mol. The Morgan fingerprint density at radius 1 is 1.00 bits per heavy atom. The summed E-state index contributed by atoms with van der Waals surface area (Å²) in [6.07, 6.45) is 1.75. The summed E-state index contributed by atoms with van der Waals surface area (Å²) in [6.45, 7) is 0. The molecule has 8 heteroatoms. The van der Waals surface area contributed by atoms with Crippen molar-refractivity contribution in [1.82, 2.24) is 5.32 Å². The van der Waals surface area contributed by atoms with Crippen molar-refractivity contribution in [1.29, 1.82) is 0 Å². The third kappa shape index (κ3) is 4.13. The Kier molecular flexibility index (Phi) is 5.51. The minimum absolute atomic E-state index is 0.205. The monoisotopic (exact) mass is 448 g/mol. The lowest BCUT2D eigenvalue weighted by Crippen LogP contribution is -2.18. The number of aliphatic imine (C=N–C) groups is 1. The molecule has 1 aliphatic rings. The summed E-state index contributed by atoms with van der Waals surface area (Å²) in [7, 11) is 0. The molecule has 1 fully saturated rings. The molecule has 0 saturated carbocycles. The number of hydrogen-bond acceptors (Lipinski definition) is 4. The second-order valence-corrected chi connectivity index (χ2v) is 8.00. The fraction of sp³-hybridized carbons (Fsp3) is 0. The quantitative estimate of drug-likeness (QED) is 0.452. The number of rotatable bonds is 3. The van der Waals surface area contributed by atoms with Gasteiger partial charge in [-0.1, -0.05) is 40.9 Å². The maximum absolute atomic E-state index is 11.9. The van der Waals surface area contributed by atoms with Crippen molar-refractivity contribution >= 4 is 69.4 Å². The summed E-state index contributed by atoms with van der Waals surface area (Å²) in [5.74, 6) is 1.60. The molecule has 1 N–H and O–H groups in total. The van der Waals surface area contributed by atoms with Crippen LogP contribution in [0.15, 0.2) is 68.9 Å². The number of hydrogen-bond donors (Lipinski definition) is 1. The van der Waals surface area contributed by atoms with Crippen LogP contribution in [0.3, 0.4) is 0 Å². The molecule has 3 aromatic rings. The number of furan rings is 1. The molecular formula is C20H11Cl3N2O2S. The Bertz CT molecular complexity index is 1120. The van der Waals surface area contributed by atoms with E-state index in [4.69, 9.17) is 39.2 Å². The van der Waals surface area contributed by atoms with Crippen molar-refractivity contribution in [3.63, 3.8) is 0 Å². The van der Waals surface area contributed by atoms with E-state index < -0.39 is 0 Å². The molecule has 1 amide bonds. The highest BCUT2D eigenvalue weighted by Gasteiger charge is 2.24. The van der Waals surface area contributed by atoms with Gasteiger partial charge in [0.2, 0.25) is 0 Å². The van der Waals surface area contributed by atoms with E-state index in [0.29, 0.717) is 48.6 Å². The van der Waals surface area contributed by atoms with Crippen LogP contribution in [-0.4, -0.2) is 11.1 Å². The first kappa shape index (κ1) is 19.2. The van der Waals surface area contributed by atoms with Gasteiger partial charge in [-0.2, -0.15) is 0 Å². The van der Waals surface area contributed by atoms with Crippen LogP contribution in [-0.2, 0) is 0 Å². The van der Waals surface area contributed by atoms with Crippen LogP contribution in [0.4, 0.5) is 10.5 Å². The number of carbonyl (C=O) groups excluding carboxylic acids is 1. The Morgan fingerprint density at radius 3 is 2.57 bits per heavy atom. The molecule has 1 aliphatic heterocycles. The molecule has 1 aromatic heterocycles. The summed E-state index contributed by atoms with van der Waals surface area (Å²) >= 11 is 19.3. The van der Waals surface area contributed by atoms with Crippen LogP contribution in [0.25, 0.3) is 17.4 Å². The second kappa shape index (κ2) is 8.05. The molecule has 0 radical (unpaired) electrons. The SMILES string of the molecule is O=C1NC(=Nc2ccc(Cl)cc2)C(=Cc2ccc(-c3cccc(Cl)c3Cl)o2)S1. The average molecular weight is 450 g/mol. The van der Waals surface area contributed by atoms with E-state index in [1.807, 2.05) is 6.07 Å². The molecule has 0 bridgehead atoms. The Morgan fingerprint density at radius 2 is 1.79 bits per heavy atom. The number of thioether (sulfide) groups is 1. The van der Waals surface area contributed by atoms with E-state index in [-0.39, 0.29) is 5.24 Å². The second-order valence-electron chi connectivity index (χ2n) is 5.76. The van der Waals surface area contributed by atoms with Crippen LogP contribution in [0.5, 0.6) is 0 Å². The number of nitrogens with one attached hydrogen (secondary N) is 1. The minimum Gasteiger partial charge on any atom is -0.457 e. The molecule has 2 heterocycles. The van der Waals surface area contributed by atoms with Gasteiger partial charge in [0, 0.05) is 10.6 Å². The number of amidine groups is 1. The van der Waals surface area contributed by atoms with E-state index in [2.05, 4.69) is 10.3 Å². The summed E-state index contributed by atoms with van der Waals surface area (Å²) < 4.78 is 5.87. The third-order valence-corrected chi connectivity index (χ3v) is 5.73. The summed E-state index contributed by atoms with van der Waals surface area (Å²) in [4.78, 5) is 17.0. The van der Waals surface area contributed by atoms with Gasteiger partial charge in [-0.25, -0.2) is 4.99 Å². The molecule has 4 rings (SSSR count). The number of halogens is 3. The summed E-state index contributed by atoms with van der Waals surface area (Å²) in [5.41, 5.74) is 1.38. The maximum Gasteiger partial charge on any atom is 0.289 e. The van der Waals surface area contributed by atoms with E-state index in [1.54, 1.807) is 54.6 Å². The van der Waals surface area contributed by atoms with E-state index >= 15 is 0 Å². The Labute approximate surface area is 180 Å². The first-order valence-corrected chi connectivity index (χ1v) is 10.0. The average Bonchev–Trinajstić information content (AvgIpc) is 3.26. The van der Waals surface area contributed by atoms with Gasteiger partial charge >= 0.3 is 0 Å². The highest BCUT2D eigenvalue weighted by Crippen LogP contribution is 2.35. The van der Waals surface area contributed by atoms with Gasteiger partial charge < -0.3 is 9.73 Å². The molecule has 0 spiro atoms. The van der Waals surface area contributed by atoms with Crippen molar-refractivity contribution in [2.75, 3.05) is 0 Å². The van der Waals surface area contributed by atoms with Crippen LogP contribution >= 0.6 is 46.6 Å². The van der Waals surface area contributed by atoms with E-state index in [0.717, 1.165) is 11.8 Å². The molecule has 140 valence electrons. The van der Waals surface area contributed by atoms with Gasteiger partial charge in [0.05, 0.1) is 20.6 Å². The molecule has 0 atom stereocenters. The van der Waals surface area contributed by atoms with Crippen LogP contribution in [0.1, 0.15) is 5.76 Å². The maximum atomic E-state index is 11.9.